The minimum atomic E-state index is -0.822. The number of likely N-dealkylation sites (N-methyl/N-ethyl adjacent to an activating group) is 1. The van der Waals surface area contributed by atoms with Gasteiger partial charge in [-0.25, -0.2) is 0 Å². The topological polar surface area (TPSA) is 122 Å². The second-order valence-electron chi connectivity index (χ2n) is 16.1. The number of hydrogen-bond donors (Lipinski definition) is 1. The van der Waals surface area contributed by atoms with Crippen LogP contribution < -0.4 is 0 Å². The number of methoxy groups -OCH3 is 2. The Morgan fingerprint density at radius 2 is 1.62 bits per heavy atom. The van der Waals surface area contributed by atoms with Crippen LogP contribution in [-0.2, 0) is 42.7 Å². The first-order chi connectivity index (χ1) is 23.9. The van der Waals surface area contributed by atoms with E-state index in [9.17, 15) is 14.7 Å². The number of allylic oxidation sites excluding steroid dienone is 4. The van der Waals surface area contributed by atoms with Crippen LogP contribution in [0.5, 0.6) is 0 Å². The molecule has 1 N–H and O–H groups in total. The highest BCUT2D eigenvalue weighted by Gasteiger charge is 2.52. The number of ketones is 1. The molecule has 6 rings (SSSR count). The third-order valence-electron chi connectivity index (χ3n) is 12.7. The Balaban J connectivity index is 1.20. The van der Waals surface area contributed by atoms with E-state index in [1.165, 1.54) is 0 Å². The van der Waals surface area contributed by atoms with Gasteiger partial charge in [0, 0.05) is 32.1 Å². The van der Waals surface area contributed by atoms with Crippen LogP contribution in [0.1, 0.15) is 79.1 Å². The number of fused-ring (bicyclic) bond motifs is 5. The molecule has 0 aromatic carbocycles. The molecule has 3 saturated heterocycles. The van der Waals surface area contributed by atoms with Crippen molar-refractivity contribution in [1.82, 2.24) is 4.90 Å². The number of carbonyl (C=O) groups is 2. The Hall–Kier alpha value is -1.70. The predicted octanol–water partition coefficient (Wildman–Crippen LogP) is 4.44. The zero-order valence-electron chi connectivity index (χ0n) is 31.3. The van der Waals surface area contributed by atoms with Gasteiger partial charge in [-0.1, -0.05) is 25.2 Å². The van der Waals surface area contributed by atoms with Crippen molar-refractivity contribution in [3.05, 3.63) is 23.8 Å². The van der Waals surface area contributed by atoms with Crippen molar-refractivity contribution in [1.29, 1.82) is 0 Å². The van der Waals surface area contributed by atoms with Crippen LogP contribution in [0, 0.1) is 35.5 Å². The zero-order valence-corrected chi connectivity index (χ0v) is 31.3. The summed E-state index contributed by atoms with van der Waals surface area (Å²) in [5, 5.41) is 10.6. The molecule has 3 aliphatic heterocycles. The van der Waals surface area contributed by atoms with Gasteiger partial charge in [-0.15, -0.1) is 0 Å². The number of aliphatic hydroxyl groups is 1. The van der Waals surface area contributed by atoms with Crippen LogP contribution in [0.4, 0.5) is 0 Å². The van der Waals surface area contributed by atoms with Gasteiger partial charge in [0.2, 0.25) is 0 Å². The van der Waals surface area contributed by atoms with Gasteiger partial charge in [0.15, 0.2) is 18.4 Å². The summed E-state index contributed by atoms with van der Waals surface area (Å²) >= 11 is 0. The Labute approximate surface area is 298 Å². The molecule has 0 spiro atoms. The minimum Gasteiger partial charge on any atom is -0.463 e. The highest BCUT2D eigenvalue weighted by molar-refractivity contribution is 5.99. The molecule has 0 bridgehead atoms. The lowest BCUT2D eigenvalue weighted by Gasteiger charge is -2.43. The Kier molecular flexibility index (Phi) is 12.3. The van der Waals surface area contributed by atoms with Gasteiger partial charge in [0.25, 0.3) is 0 Å². The molecule has 0 aromatic heterocycles. The number of nitrogens with zero attached hydrogens (tertiary/aromatic N) is 1. The standard InChI is InChI=1S/C39H61NO10/c1-20-10-9-11-32(50-34-15-14-31(40(5)6)22(3)47-34)21(2)35(42)30-18-28-26(29(30)19-33(41)46-20)13-12-24-16-25(17-27(24)28)49-39-38(45-8)37(44-7)36(43)23(4)48-39/h12-13,18,20-29,31-32,34,36-39,43H,9-11,14-17,19H2,1-8H3/t20-,21+,22+,23-,24+,25+,26+,27+,28+,29-,31-,32-,34-,36-,37+,38+,39-/m0/s1. The molecule has 0 radical (unpaired) electrons. The summed E-state index contributed by atoms with van der Waals surface area (Å²) in [6.07, 6.45) is 8.45. The second kappa shape index (κ2) is 16.1. The second-order valence-corrected chi connectivity index (χ2v) is 16.1. The average molecular weight is 704 g/mol. The van der Waals surface area contributed by atoms with E-state index in [2.05, 4.69) is 44.1 Å². The maximum absolute atomic E-state index is 14.6. The van der Waals surface area contributed by atoms with Crippen LogP contribution in [-0.4, -0.2) is 118 Å². The maximum Gasteiger partial charge on any atom is 0.306 e. The molecule has 50 heavy (non-hydrogen) atoms. The van der Waals surface area contributed by atoms with Gasteiger partial charge in [-0.2, -0.15) is 0 Å². The van der Waals surface area contributed by atoms with Crippen LogP contribution in [0.25, 0.3) is 0 Å². The summed E-state index contributed by atoms with van der Waals surface area (Å²) in [4.78, 5) is 30.1. The fourth-order valence-electron chi connectivity index (χ4n) is 9.90. The van der Waals surface area contributed by atoms with E-state index in [0.29, 0.717) is 12.5 Å². The largest absolute Gasteiger partial charge is 0.463 e. The van der Waals surface area contributed by atoms with Crippen molar-refractivity contribution in [2.45, 2.75) is 147 Å². The van der Waals surface area contributed by atoms with Gasteiger partial charge < -0.3 is 43.2 Å². The van der Waals surface area contributed by atoms with Crippen molar-refractivity contribution in [3.8, 4) is 0 Å². The number of carbonyl (C=O) groups excluding carboxylic acids is 2. The van der Waals surface area contributed by atoms with Gasteiger partial charge in [-0.3, -0.25) is 9.59 Å². The number of Topliss-reactive ketones (excluding diaryl/α,β-unsaturated/α-hetero) is 1. The van der Waals surface area contributed by atoms with Crippen molar-refractivity contribution >= 4 is 11.8 Å². The molecule has 0 unspecified atom stereocenters. The summed E-state index contributed by atoms with van der Waals surface area (Å²) in [7, 11) is 7.30. The third-order valence-corrected chi connectivity index (χ3v) is 12.7. The van der Waals surface area contributed by atoms with E-state index in [1.807, 2.05) is 20.8 Å². The molecule has 6 aliphatic rings. The molecular weight excluding hydrogens is 642 g/mol. The van der Waals surface area contributed by atoms with Crippen LogP contribution >= 0.6 is 0 Å². The first-order valence-corrected chi connectivity index (χ1v) is 19.1. The lowest BCUT2D eigenvalue weighted by Crippen LogP contribution is -2.59. The number of esters is 1. The van der Waals surface area contributed by atoms with Crippen molar-refractivity contribution in [3.63, 3.8) is 0 Å². The zero-order chi connectivity index (χ0) is 35.9. The van der Waals surface area contributed by atoms with Crippen molar-refractivity contribution in [2.75, 3.05) is 28.3 Å². The van der Waals surface area contributed by atoms with Gasteiger partial charge >= 0.3 is 5.97 Å². The Bertz CT molecular complexity index is 1260. The third kappa shape index (κ3) is 7.81. The average Bonchev–Trinajstić information content (AvgIpc) is 3.65. The first-order valence-electron chi connectivity index (χ1n) is 19.1. The molecule has 3 heterocycles. The molecular formula is C39H61NO10. The molecule has 1 saturated carbocycles. The van der Waals surface area contributed by atoms with Crippen LogP contribution in [0.3, 0.4) is 0 Å². The molecule has 17 atom stereocenters. The SMILES string of the molecule is CO[C@@H]1[C@@H](O)[C@H](C)O[C@@H](O[C@H]2C[C@H]3[C@@H]4C=C5C(=O)[C@H](C)[C@@H](O[C@H]6CC[C@H](N(C)C)[C@@H](C)O6)CCC[C@H](C)OC(=O)C[C@H]5[C@@H]4C=C[C@@H]3C2)[C@@H]1OC. The van der Waals surface area contributed by atoms with Gasteiger partial charge in [0.05, 0.1) is 36.9 Å². The fraction of sp³-hybridized carbons (Fsp3) is 0.846. The normalized spacial score (nSPS) is 47.1. The predicted molar refractivity (Wildman–Crippen MR) is 185 cm³/mol. The van der Waals surface area contributed by atoms with E-state index in [4.69, 9.17) is 33.2 Å². The van der Waals surface area contributed by atoms with E-state index >= 15 is 0 Å². The smallest absolute Gasteiger partial charge is 0.306 e. The minimum absolute atomic E-state index is 0.0301. The number of ether oxygens (including phenoxy) is 7. The molecule has 11 heteroatoms. The van der Waals surface area contributed by atoms with E-state index in [1.54, 1.807) is 14.2 Å². The number of aliphatic hydroxyl groups excluding tert-OH is 1. The van der Waals surface area contributed by atoms with Gasteiger partial charge in [0.1, 0.15) is 18.3 Å². The fourth-order valence-corrected chi connectivity index (χ4v) is 9.90. The molecule has 4 fully saturated rings. The van der Waals surface area contributed by atoms with E-state index in [0.717, 1.165) is 44.1 Å². The molecule has 0 aromatic rings. The maximum atomic E-state index is 14.6. The highest BCUT2D eigenvalue weighted by Crippen LogP contribution is 2.54. The summed E-state index contributed by atoms with van der Waals surface area (Å²) in [5.41, 5.74) is 0.743. The summed E-state index contributed by atoms with van der Waals surface area (Å²) in [6, 6.07) is 0.335. The quantitative estimate of drug-likeness (QED) is 0.299. The summed E-state index contributed by atoms with van der Waals surface area (Å²) in [6.45, 7) is 7.87. The van der Waals surface area contributed by atoms with E-state index in [-0.39, 0.29) is 84.4 Å². The van der Waals surface area contributed by atoms with Crippen LogP contribution in [0.15, 0.2) is 23.8 Å². The highest BCUT2D eigenvalue weighted by atomic mass is 16.7. The van der Waals surface area contributed by atoms with E-state index < -0.39 is 30.7 Å². The molecule has 11 nitrogen and oxygen atoms in total. The molecule has 282 valence electrons. The first kappa shape index (κ1) is 38.0. The molecule has 0 amide bonds. The molecule has 3 aliphatic carbocycles. The number of cyclic esters (lactones) is 1. The van der Waals surface area contributed by atoms with Crippen molar-refractivity contribution < 1.29 is 47.9 Å². The monoisotopic (exact) mass is 703 g/mol. The Morgan fingerprint density at radius 1 is 0.860 bits per heavy atom. The lowest BCUT2D eigenvalue weighted by molar-refractivity contribution is -0.311. The summed E-state index contributed by atoms with van der Waals surface area (Å²) < 4.78 is 42.9. The Morgan fingerprint density at radius 3 is 2.32 bits per heavy atom. The lowest BCUT2D eigenvalue weighted by atomic mass is 9.70. The van der Waals surface area contributed by atoms with Gasteiger partial charge in [-0.05, 0) is 109 Å². The van der Waals surface area contributed by atoms with Crippen LogP contribution in [0.2, 0.25) is 0 Å². The number of hydrogen-bond acceptors (Lipinski definition) is 11. The summed E-state index contributed by atoms with van der Waals surface area (Å²) in [5.74, 6) is -0.132. The number of rotatable bonds is 7. The van der Waals surface area contributed by atoms with Crippen molar-refractivity contribution in [2.24, 2.45) is 35.5 Å².